The topological polar surface area (TPSA) is 64.1 Å². The fourth-order valence-corrected chi connectivity index (χ4v) is 2.99. The Morgan fingerprint density at radius 2 is 2.04 bits per heavy atom. The Morgan fingerprint density at radius 1 is 1.26 bits per heavy atom. The van der Waals surface area contributed by atoms with Crippen molar-refractivity contribution in [1.82, 2.24) is 15.3 Å². The number of rotatable bonds is 4. The first-order valence-electron chi connectivity index (χ1n) is 8.05. The summed E-state index contributed by atoms with van der Waals surface area (Å²) in [5.74, 6) is -0.0567. The van der Waals surface area contributed by atoms with Crippen molar-refractivity contribution < 1.29 is 9.53 Å². The summed E-state index contributed by atoms with van der Waals surface area (Å²) in [7, 11) is 0. The highest BCUT2D eigenvalue weighted by molar-refractivity contribution is 5.95. The number of aromatic nitrogens is 2. The van der Waals surface area contributed by atoms with Crippen molar-refractivity contribution in [3.8, 4) is 0 Å². The van der Waals surface area contributed by atoms with E-state index >= 15 is 0 Å². The molecule has 2 aromatic heterocycles. The van der Waals surface area contributed by atoms with Crippen LogP contribution in [0, 0.1) is 0 Å². The van der Waals surface area contributed by atoms with Gasteiger partial charge in [0.15, 0.2) is 0 Å². The number of amides is 1. The average Bonchev–Trinajstić information content (AvgIpc) is 2.63. The van der Waals surface area contributed by atoms with Gasteiger partial charge in [0.1, 0.15) is 6.10 Å². The first kappa shape index (κ1) is 15.6. The molecule has 3 rings (SSSR count). The molecule has 5 nitrogen and oxygen atoms in total. The van der Waals surface area contributed by atoms with E-state index < -0.39 is 0 Å². The molecule has 3 heterocycles. The minimum atomic E-state index is -0.123. The highest BCUT2D eigenvalue weighted by Gasteiger charge is 2.29. The van der Waals surface area contributed by atoms with E-state index in [4.69, 9.17) is 4.74 Å². The Labute approximate surface area is 136 Å². The van der Waals surface area contributed by atoms with Crippen molar-refractivity contribution in [2.45, 2.75) is 38.3 Å². The third-order valence-corrected chi connectivity index (χ3v) is 4.20. The molecule has 0 bridgehead atoms. The molecule has 1 N–H and O–H groups in total. The van der Waals surface area contributed by atoms with Crippen LogP contribution in [0.2, 0.25) is 0 Å². The molecule has 120 valence electrons. The molecule has 2 aromatic rings. The summed E-state index contributed by atoms with van der Waals surface area (Å²) in [6.45, 7) is 2.74. The maximum absolute atomic E-state index is 12.7. The highest BCUT2D eigenvalue weighted by Crippen LogP contribution is 2.28. The molecule has 0 unspecified atom stereocenters. The van der Waals surface area contributed by atoms with E-state index in [0.717, 1.165) is 37.0 Å². The Bertz CT molecular complexity index is 660. The third-order valence-electron chi connectivity index (χ3n) is 4.20. The van der Waals surface area contributed by atoms with Gasteiger partial charge in [0.2, 0.25) is 0 Å². The SMILES string of the molecule is CCc1cnccc1C(=O)N[C@H]1CCCO[C@@H]1c1ccncc1. The van der Waals surface area contributed by atoms with Crippen LogP contribution < -0.4 is 5.32 Å². The summed E-state index contributed by atoms with van der Waals surface area (Å²) in [5, 5.41) is 3.15. The van der Waals surface area contributed by atoms with Crippen molar-refractivity contribution in [2.24, 2.45) is 0 Å². The summed E-state index contributed by atoms with van der Waals surface area (Å²) in [5.41, 5.74) is 2.71. The number of carbonyl (C=O) groups is 1. The van der Waals surface area contributed by atoms with E-state index in [1.807, 2.05) is 19.1 Å². The molecule has 23 heavy (non-hydrogen) atoms. The molecule has 1 amide bonds. The summed E-state index contributed by atoms with van der Waals surface area (Å²) in [6.07, 6.45) is 9.44. The Kier molecular flexibility index (Phi) is 4.98. The fourth-order valence-electron chi connectivity index (χ4n) is 2.99. The Hall–Kier alpha value is -2.27. The van der Waals surface area contributed by atoms with Crippen molar-refractivity contribution in [3.05, 3.63) is 59.7 Å². The Balaban J connectivity index is 1.78. The third kappa shape index (κ3) is 3.56. The minimum absolute atomic E-state index is 0.0310. The number of ether oxygens (including phenoxy) is 1. The van der Waals surface area contributed by atoms with Crippen LogP contribution >= 0.6 is 0 Å². The number of carbonyl (C=O) groups excluding carboxylic acids is 1. The molecular formula is C18H21N3O2. The molecule has 2 atom stereocenters. The largest absolute Gasteiger partial charge is 0.371 e. The number of aryl methyl sites for hydroxylation is 1. The lowest BCUT2D eigenvalue weighted by Gasteiger charge is -2.32. The predicted octanol–water partition coefficient (Wildman–Crippen LogP) is 2.69. The van der Waals surface area contributed by atoms with E-state index in [0.29, 0.717) is 5.56 Å². The van der Waals surface area contributed by atoms with Crippen LogP contribution in [-0.4, -0.2) is 28.5 Å². The van der Waals surface area contributed by atoms with Crippen LogP contribution in [0.25, 0.3) is 0 Å². The predicted molar refractivity (Wildman–Crippen MR) is 87.0 cm³/mol. The first-order valence-corrected chi connectivity index (χ1v) is 8.05. The van der Waals surface area contributed by atoms with Gasteiger partial charge in [-0.2, -0.15) is 0 Å². The van der Waals surface area contributed by atoms with Crippen LogP contribution in [0.5, 0.6) is 0 Å². The number of hydrogen-bond acceptors (Lipinski definition) is 4. The van der Waals surface area contributed by atoms with Gasteiger partial charge >= 0.3 is 0 Å². The quantitative estimate of drug-likeness (QED) is 0.943. The van der Waals surface area contributed by atoms with Gasteiger partial charge in [-0.1, -0.05) is 6.92 Å². The smallest absolute Gasteiger partial charge is 0.251 e. The summed E-state index contributed by atoms with van der Waals surface area (Å²) < 4.78 is 5.92. The number of hydrogen-bond donors (Lipinski definition) is 1. The second kappa shape index (κ2) is 7.33. The van der Waals surface area contributed by atoms with Gasteiger partial charge in [-0.25, -0.2) is 0 Å². The second-order valence-electron chi connectivity index (χ2n) is 5.68. The summed E-state index contributed by atoms with van der Waals surface area (Å²) in [6, 6.07) is 5.63. The van der Waals surface area contributed by atoms with E-state index in [-0.39, 0.29) is 18.1 Å². The van der Waals surface area contributed by atoms with Crippen molar-refractivity contribution in [1.29, 1.82) is 0 Å². The minimum Gasteiger partial charge on any atom is -0.371 e. The molecule has 0 saturated carbocycles. The van der Waals surface area contributed by atoms with Gasteiger partial charge in [-0.3, -0.25) is 14.8 Å². The zero-order chi connectivity index (χ0) is 16.1. The molecule has 5 heteroatoms. The molecular weight excluding hydrogens is 290 g/mol. The van der Waals surface area contributed by atoms with Gasteiger partial charge in [0.05, 0.1) is 6.04 Å². The lowest BCUT2D eigenvalue weighted by atomic mass is 9.96. The maximum Gasteiger partial charge on any atom is 0.251 e. The van der Waals surface area contributed by atoms with Crippen molar-refractivity contribution in [2.75, 3.05) is 6.61 Å². The maximum atomic E-state index is 12.7. The molecule has 1 aliphatic heterocycles. The van der Waals surface area contributed by atoms with Crippen molar-refractivity contribution >= 4 is 5.91 Å². The fraction of sp³-hybridized carbons (Fsp3) is 0.389. The van der Waals surface area contributed by atoms with E-state index in [9.17, 15) is 4.79 Å². The van der Waals surface area contributed by atoms with E-state index in [2.05, 4.69) is 15.3 Å². The number of nitrogens with zero attached hydrogens (tertiary/aromatic N) is 2. The van der Waals surface area contributed by atoms with Gasteiger partial charge in [0, 0.05) is 37.0 Å². The number of nitrogens with one attached hydrogen (secondary N) is 1. The van der Waals surface area contributed by atoms with Gasteiger partial charge < -0.3 is 10.1 Å². The summed E-state index contributed by atoms with van der Waals surface area (Å²) >= 11 is 0. The molecule has 0 aliphatic carbocycles. The highest BCUT2D eigenvalue weighted by atomic mass is 16.5. The first-order chi connectivity index (χ1) is 11.3. The molecule has 0 aromatic carbocycles. The number of pyridine rings is 2. The van der Waals surface area contributed by atoms with E-state index in [1.165, 1.54) is 0 Å². The van der Waals surface area contributed by atoms with Gasteiger partial charge in [-0.05, 0) is 48.6 Å². The Morgan fingerprint density at radius 3 is 2.83 bits per heavy atom. The lowest BCUT2D eigenvalue weighted by Crippen LogP contribution is -2.43. The van der Waals surface area contributed by atoms with Crippen LogP contribution in [0.15, 0.2) is 43.0 Å². The molecule has 1 saturated heterocycles. The van der Waals surface area contributed by atoms with Crippen LogP contribution in [0.4, 0.5) is 0 Å². The average molecular weight is 311 g/mol. The lowest BCUT2D eigenvalue weighted by molar-refractivity contribution is -0.00951. The van der Waals surface area contributed by atoms with Gasteiger partial charge in [0.25, 0.3) is 5.91 Å². The van der Waals surface area contributed by atoms with Crippen LogP contribution in [0.3, 0.4) is 0 Å². The molecule has 1 fully saturated rings. The van der Waals surface area contributed by atoms with Gasteiger partial charge in [-0.15, -0.1) is 0 Å². The monoisotopic (exact) mass is 311 g/mol. The zero-order valence-electron chi connectivity index (χ0n) is 13.2. The second-order valence-corrected chi connectivity index (χ2v) is 5.68. The van der Waals surface area contributed by atoms with Crippen molar-refractivity contribution in [3.63, 3.8) is 0 Å². The molecule has 0 radical (unpaired) electrons. The zero-order valence-corrected chi connectivity index (χ0v) is 13.2. The van der Waals surface area contributed by atoms with Crippen LogP contribution in [0.1, 0.15) is 47.4 Å². The van der Waals surface area contributed by atoms with Crippen LogP contribution in [-0.2, 0) is 11.2 Å². The molecule has 0 spiro atoms. The normalized spacial score (nSPS) is 20.9. The standard InChI is InChI=1S/C18H21N3O2/c1-2-13-12-20-10-7-15(13)18(22)21-16-4-3-11-23-17(16)14-5-8-19-9-6-14/h5-10,12,16-17H,2-4,11H2,1H3,(H,21,22)/t16-,17+/m0/s1. The summed E-state index contributed by atoms with van der Waals surface area (Å²) in [4.78, 5) is 20.8. The van der Waals surface area contributed by atoms with E-state index in [1.54, 1.807) is 30.9 Å². The molecule has 1 aliphatic rings.